The normalized spacial score (nSPS) is 17.0. The van der Waals surface area contributed by atoms with Crippen LogP contribution >= 0.6 is 0 Å². The minimum Gasteiger partial charge on any atom is -0.450 e. The van der Waals surface area contributed by atoms with Gasteiger partial charge in [-0.25, -0.2) is 4.79 Å². The molecule has 7 heteroatoms. The zero-order chi connectivity index (χ0) is 18.0. The van der Waals surface area contributed by atoms with Crippen LogP contribution in [0.5, 0.6) is 0 Å². The Hall–Kier alpha value is -1.50. The van der Waals surface area contributed by atoms with E-state index in [2.05, 4.69) is 24.2 Å². The molecule has 1 fully saturated rings. The van der Waals surface area contributed by atoms with E-state index in [1.54, 1.807) is 4.90 Å². The molecule has 0 spiro atoms. The van der Waals surface area contributed by atoms with Crippen molar-refractivity contribution in [1.82, 2.24) is 10.2 Å². The molecule has 7 nitrogen and oxygen atoms in total. The average molecular weight is 342 g/mol. The number of carbonyl (C=O) groups excluding carboxylic acids is 1. The molecule has 1 aliphatic rings. The van der Waals surface area contributed by atoms with E-state index >= 15 is 0 Å². The molecule has 0 bridgehead atoms. The topological polar surface area (TPSA) is 100 Å². The molecule has 1 saturated heterocycles. The van der Waals surface area contributed by atoms with E-state index in [9.17, 15) is 9.90 Å². The van der Waals surface area contributed by atoms with E-state index in [1.807, 2.05) is 6.92 Å². The minimum atomic E-state index is -0.239. The van der Waals surface area contributed by atoms with Gasteiger partial charge in [0.1, 0.15) is 0 Å². The van der Waals surface area contributed by atoms with Gasteiger partial charge in [0.2, 0.25) is 0 Å². The Morgan fingerprint density at radius 3 is 2.46 bits per heavy atom. The molecule has 1 heterocycles. The molecule has 1 rings (SSSR count). The van der Waals surface area contributed by atoms with Crippen LogP contribution in [0.25, 0.3) is 0 Å². The quantitative estimate of drug-likeness (QED) is 0.460. The maximum absolute atomic E-state index is 11.7. The number of nitrogens with zero attached hydrogens (tertiary/aromatic N) is 2. The zero-order valence-corrected chi connectivity index (χ0v) is 15.4. The van der Waals surface area contributed by atoms with Gasteiger partial charge in [0.25, 0.3) is 0 Å². The standard InChI is InChI=1S/C17H34N4O3/c1-4-17(5-2,9-12-22)13-19-15(18)20-14-7-10-21(11-8-14)16(23)24-6-3/h14,22H,4-13H2,1-3H3,(H3,18,19,20). The first-order valence-corrected chi connectivity index (χ1v) is 9.09. The Labute approximate surface area is 145 Å². The second kappa shape index (κ2) is 10.4. The van der Waals surface area contributed by atoms with Crippen molar-refractivity contribution in [3.8, 4) is 0 Å². The number of ether oxygens (including phenoxy) is 1. The number of hydrogen-bond donors (Lipinski definition) is 3. The van der Waals surface area contributed by atoms with E-state index in [4.69, 9.17) is 10.5 Å². The van der Waals surface area contributed by atoms with Gasteiger partial charge in [-0.2, -0.15) is 0 Å². The predicted molar refractivity (Wildman–Crippen MR) is 96.0 cm³/mol. The highest BCUT2D eigenvalue weighted by atomic mass is 16.6. The number of aliphatic imine (C=N–C) groups is 1. The third kappa shape index (κ3) is 6.19. The van der Waals surface area contributed by atoms with E-state index in [-0.39, 0.29) is 24.2 Å². The van der Waals surface area contributed by atoms with E-state index in [0.29, 0.717) is 32.2 Å². The molecule has 0 radical (unpaired) electrons. The van der Waals surface area contributed by atoms with Crippen molar-refractivity contribution in [3.63, 3.8) is 0 Å². The lowest BCUT2D eigenvalue weighted by Crippen LogP contribution is -2.48. The molecule has 0 aromatic heterocycles. The first-order chi connectivity index (χ1) is 11.5. The molecule has 0 atom stereocenters. The largest absolute Gasteiger partial charge is 0.450 e. The molecule has 1 amide bonds. The molecule has 4 N–H and O–H groups in total. The lowest BCUT2D eigenvalue weighted by Gasteiger charge is -2.32. The van der Waals surface area contributed by atoms with Crippen molar-refractivity contribution >= 4 is 12.1 Å². The Balaban J connectivity index is 2.45. The molecule has 140 valence electrons. The van der Waals surface area contributed by atoms with E-state index in [1.165, 1.54) is 0 Å². The van der Waals surface area contributed by atoms with Crippen molar-refractivity contribution in [2.75, 3.05) is 32.8 Å². The number of nitrogens with one attached hydrogen (secondary N) is 1. The third-order valence-electron chi connectivity index (χ3n) is 5.10. The number of carbonyl (C=O) groups is 1. The van der Waals surface area contributed by atoms with Gasteiger partial charge in [-0.15, -0.1) is 0 Å². The monoisotopic (exact) mass is 342 g/mol. The second-order valence-electron chi connectivity index (χ2n) is 6.49. The van der Waals surface area contributed by atoms with Gasteiger partial charge in [-0.05, 0) is 44.4 Å². The van der Waals surface area contributed by atoms with Gasteiger partial charge in [0, 0.05) is 32.3 Å². The molecule has 0 aliphatic carbocycles. The molecular weight excluding hydrogens is 308 g/mol. The van der Waals surface area contributed by atoms with Crippen LogP contribution in [0.3, 0.4) is 0 Å². The van der Waals surface area contributed by atoms with Crippen molar-refractivity contribution in [2.45, 2.75) is 58.9 Å². The first kappa shape index (κ1) is 20.5. The van der Waals surface area contributed by atoms with Crippen molar-refractivity contribution < 1.29 is 14.6 Å². The summed E-state index contributed by atoms with van der Waals surface area (Å²) in [5.74, 6) is 0.453. The molecule has 24 heavy (non-hydrogen) atoms. The van der Waals surface area contributed by atoms with Crippen LogP contribution in [0.4, 0.5) is 4.79 Å². The number of likely N-dealkylation sites (tertiary alicyclic amines) is 1. The van der Waals surface area contributed by atoms with Gasteiger partial charge in [0.15, 0.2) is 5.96 Å². The van der Waals surface area contributed by atoms with Crippen LogP contribution in [0, 0.1) is 5.41 Å². The summed E-state index contributed by atoms with van der Waals surface area (Å²) in [6.45, 7) is 8.61. The summed E-state index contributed by atoms with van der Waals surface area (Å²) in [6, 6.07) is 0.231. The Kier molecular flexibility index (Phi) is 8.89. The van der Waals surface area contributed by atoms with Crippen molar-refractivity contribution in [1.29, 1.82) is 0 Å². The van der Waals surface area contributed by atoms with Gasteiger partial charge in [0.05, 0.1) is 6.61 Å². The maximum atomic E-state index is 11.7. The number of aliphatic hydroxyl groups excluding tert-OH is 1. The molecule has 0 aromatic carbocycles. The molecule has 1 aliphatic heterocycles. The van der Waals surface area contributed by atoms with Crippen LogP contribution in [0.1, 0.15) is 52.9 Å². The molecule has 0 saturated carbocycles. The molecule has 0 unspecified atom stereocenters. The van der Waals surface area contributed by atoms with Crippen LogP contribution in [-0.2, 0) is 4.74 Å². The molecular formula is C17H34N4O3. The lowest BCUT2D eigenvalue weighted by atomic mass is 9.79. The summed E-state index contributed by atoms with van der Waals surface area (Å²) < 4.78 is 5.02. The van der Waals surface area contributed by atoms with E-state index < -0.39 is 0 Å². The van der Waals surface area contributed by atoms with Crippen LogP contribution < -0.4 is 11.1 Å². The van der Waals surface area contributed by atoms with Gasteiger partial charge < -0.3 is 25.8 Å². The SMILES string of the molecule is CCOC(=O)N1CCC(NC(N)=NCC(CC)(CC)CCO)CC1. The third-order valence-corrected chi connectivity index (χ3v) is 5.10. The van der Waals surface area contributed by atoms with Crippen LogP contribution in [0.15, 0.2) is 4.99 Å². The maximum Gasteiger partial charge on any atom is 0.409 e. The fourth-order valence-electron chi connectivity index (χ4n) is 3.07. The fraction of sp³-hybridized carbons (Fsp3) is 0.882. The highest BCUT2D eigenvalue weighted by Gasteiger charge is 2.26. The summed E-state index contributed by atoms with van der Waals surface area (Å²) in [6.07, 6.45) is 4.11. The summed E-state index contributed by atoms with van der Waals surface area (Å²) in [5.41, 5.74) is 6.05. The van der Waals surface area contributed by atoms with Gasteiger partial charge in [-0.1, -0.05) is 13.8 Å². The summed E-state index contributed by atoms with van der Waals surface area (Å²) in [5, 5.41) is 12.5. The fourth-order valence-corrected chi connectivity index (χ4v) is 3.07. The number of aliphatic hydroxyl groups is 1. The zero-order valence-electron chi connectivity index (χ0n) is 15.4. The Bertz CT molecular complexity index is 403. The lowest BCUT2D eigenvalue weighted by molar-refractivity contribution is 0.0963. The highest BCUT2D eigenvalue weighted by Crippen LogP contribution is 2.30. The summed E-state index contributed by atoms with van der Waals surface area (Å²) in [7, 11) is 0. The average Bonchev–Trinajstić information content (AvgIpc) is 2.59. The Morgan fingerprint density at radius 1 is 1.33 bits per heavy atom. The first-order valence-electron chi connectivity index (χ1n) is 9.09. The number of piperidine rings is 1. The van der Waals surface area contributed by atoms with Crippen molar-refractivity contribution in [3.05, 3.63) is 0 Å². The smallest absolute Gasteiger partial charge is 0.409 e. The van der Waals surface area contributed by atoms with Crippen molar-refractivity contribution in [2.24, 2.45) is 16.1 Å². The minimum absolute atomic E-state index is 0.0221. The second-order valence-corrected chi connectivity index (χ2v) is 6.49. The Morgan fingerprint density at radius 2 is 1.96 bits per heavy atom. The summed E-state index contributed by atoms with van der Waals surface area (Å²) in [4.78, 5) is 17.9. The molecule has 0 aromatic rings. The van der Waals surface area contributed by atoms with Gasteiger partial charge in [-0.3, -0.25) is 4.99 Å². The van der Waals surface area contributed by atoms with E-state index in [0.717, 1.165) is 32.1 Å². The van der Waals surface area contributed by atoms with Gasteiger partial charge >= 0.3 is 6.09 Å². The number of rotatable bonds is 8. The number of amides is 1. The van der Waals surface area contributed by atoms with Crippen LogP contribution in [-0.4, -0.2) is 60.9 Å². The number of hydrogen-bond acceptors (Lipinski definition) is 4. The number of nitrogens with two attached hydrogens (primary N) is 1. The van der Waals surface area contributed by atoms with Crippen LogP contribution in [0.2, 0.25) is 0 Å². The number of guanidine groups is 1. The highest BCUT2D eigenvalue weighted by molar-refractivity contribution is 5.78. The predicted octanol–water partition coefficient (Wildman–Crippen LogP) is 1.70. The summed E-state index contributed by atoms with van der Waals surface area (Å²) >= 11 is 0.